The Hall–Kier alpha value is -0.570. The van der Waals surface area contributed by atoms with Crippen LogP contribution in [0.25, 0.3) is 0 Å². The lowest BCUT2D eigenvalue weighted by Crippen LogP contribution is -2.36. The van der Waals surface area contributed by atoms with Crippen molar-refractivity contribution in [3.8, 4) is 0 Å². The quantitative estimate of drug-likeness (QED) is 0.728. The molecule has 1 aliphatic rings. The van der Waals surface area contributed by atoms with Crippen LogP contribution in [-0.2, 0) is 9.63 Å². The predicted molar refractivity (Wildman–Crippen MR) is 50.9 cm³/mol. The van der Waals surface area contributed by atoms with Crippen molar-refractivity contribution >= 4 is 5.97 Å². The molecular weight excluding hydrogens is 166 g/mol. The second-order valence-corrected chi connectivity index (χ2v) is 4.44. The van der Waals surface area contributed by atoms with Crippen LogP contribution in [-0.4, -0.2) is 12.0 Å². The highest BCUT2D eigenvalue weighted by Gasteiger charge is 2.36. The third-order valence-corrected chi connectivity index (χ3v) is 2.80. The molecule has 0 aromatic heterocycles. The maximum atomic E-state index is 10.9. The van der Waals surface area contributed by atoms with Crippen molar-refractivity contribution in [2.24, 2.45) is 5.41 Å². The number of hydroxylamine groups is 1. The minimum absolute atomic E-state index is 0.130. The summed E-state index contributed by atoms with van der Waals surface area (Å²) in [6.45, 7) is 6.55. The fourth-order valence-corrected chi connectivity index (χ4v) is 1.63. The molecule has 3 heteroatoms. The van der Waals surface area contributed by atoms with Crippen molar-refractivity contribution in [2.45, 2.75) is 52.5 Å². The van der Waals surface area contributed by atoms with Crippen molar-refractivity contribution < 1.29 is 9.63 Å². The Kier molecular flexibility index (Phi) is 3.31. The van der Waals surface area contributed by atoms with Gasteiger partial charge in [-0.2, -0.15) is 0 Å². The van der Waals surface area contributed by atoms with Crippen LogP contribution in [0.4, 0.5) is 0 Å². The third kappa shape index (κ3) is 2.69. The van der Waals surface area contributed by atoms with E-state index in [0.717, 1.165) is 6.42 Å². The van der Waals surface area contributed by atoms with E-state index in [1.165, 1.54) is 12.8 Å². The second kappa shape index (κ2) is 4.09. The van der Waals surface area contributed by atoms with Gasteiger partial charge in [0.1, 0.15) is 0 Å². The Morgan fingerprint density at radius 1 is 1.62 bits per heavy atom. The van der Waals surface area contributed by atoms with Gasteiger partial charge in [0.15, 0.2) is 0 Å². The fraction of sp³-hybridized carbons (Fsp3) is 0.900. The van der Waals surface area contributed by atoms with Gasteiger partial charge in [0.2, 0.25) is 0 Å². The van der Waals surface area contributed by atoms with E-state index in [4.69, 9.17) is 4.84 Å². The third-order valence-electron chi connectivity index (χ3n) is 2.80. The summed E-state index contributed by atoms with van der Waals surface area (Å²) >= 11 is 0. The molecule has 1 rings (SSSR count). The number of rotatable bonds is 4. The summed E-state index contributed by atoms with van der Waals surface area (Å²) in [5.41, 5.74) is 2.96. The smallest absolute Gasteiger partial charge is 0.326 e. The number of carbonyl (C=O) groups is 1. The monoisotopic (exact) mass is 185 g/mol. The average Bonchev–Trinajstić information content (AvgIpc) is 2.49. The Morgan fingerprint density at radius 2 is 2.31 bits per heavy atom. The molecule has 0 aromatic carbocycles. The average molecular weight is 185 g/mol. The van der Waals surface area contributed by atoms with Gasteiger partial charge < -0.3 is 4.84 Å². The van der Waals surface area contributed by atoms with Crippen LogP contribution in [0.2, 0.25) is 0 Å². The molecule has 3 nitrogen and oxygen atoms in total. The van der Waals surface area contributed by atoms with Crippen molar-refractivity contribution in [3.63, 3.8) is 0 Å². The normalized spacial score (nSPS) is 23.3. The molecule has 1 atom stereocenters. The van der Waals surface area contributed by atoms with Gasteiger partial charge in [-0.15, -0.1) is 5.48 Å². The first-order valence-electron chi connectivity index (χ1n) is 5.01. The molecule has 13 heavy (non-hydrogen) atoms. The van der Waals surface area contributed by atoms with E-state index in [9.17, 15) is 4.79 Å². The lowest BCUT2D eigenvalue weighted by Gasteiger charge is -2.29. The molecule has 1 heterocycles. The summed E-state index contributed by atoms with van der Waals surface area (Å²) in [6.07, 6.45) is 4.05. The Morgan fingerprint density at radius 3 is 2.77 bits per heavy atom. The number of hydrogen-bond acceptors (Lipinski definition) is 3. The largest absolute Gasteiger partial charge is 0.370 e. The molecular formula is C10H19NO2. The molecule has 1 N–H and O–H groups in total. The Balaban J connectivity index is 2.43. The summed E-state index contributed by atoms with van der Waals surface area (Å²) in [6, 6.07) is 0.187. The van der Waals surface area contributed by atoms with Gasteiger partial charge in [-0.25, -0.2) is 0 Å². The van der Waals surface area contributed by atoms with Crippen LogP contribution in [0, 0.1) is 5.41 Å². The summed E-state index contributed by atoms with van der Waals surface area (Å²) < 4.78 is 0. The molecule has 0 amide bonds. The van der Waals surface area contributed by atoms with Crippen molar-refractivity contribution in [3.05, 3.63) is 0 Å². The number of nitrogens with one attached hydrogen (secondary N) is 1. The predicted octanol–water partition coefficient (Wildman–Crippen LogP) is 2.02. The second-order valence-electron chi connectivity index (χ2n) is 4.44. The standard InChI is InChI=1S/C10H19NO2/c1-4-5-6-10(2,3)8-7-9(12)13-11-8/h8,11H,4-7H2,1-3H3. The topological polar surface area (TPSA) is 38.3 Å². The zero-order valence-electron chi connectivity index (χ0n) is 8.72. The molecule has 76 valence electrons. The van der Waals surface area contributed by atoms with Gasteiger partial charge in [0, 0.05) is 0 Å². The summed E-state index contributed by atoms with van der Waals surface area (Å²) in [7, 11) is 0. The number of hydrogen-bond donors (Lipinski definition) is 1. The maximum absolute atomic E-state index is 10.9. The highest BCUT2D eigenvalue weighted by molar-refractivity contribution is 5.71. The fourth-order valence-electron chi connectivity index (χ4n) is 1.63. The van der Waals surface area contributed by atoms with E-state index in [0.29, 0.717) is 6.42 Å². The molecule has 0 radical (unpaired) electrons. The first-order valence-corrected chi connectivity index (χ1v) is 5.01. The van der Waals surface area contributed by atoms with Crippen molar-refractivity contribution in [1.82, 2.24) is 5.48 Å². The van der Waals surface area contributed by atoms with E-state index in [1.54, 1.807) is 0 Å². The van der Waals surface area contributed by atoms with Crippen LogP contribution in [0.15, 0.2) is 0 Å². The molecule has 0 aromatic rings. The van der Waals surface area contributed by atoms with Crippen LogP contribution in [0.3, 0.4) is 0 Å². The van der Waals surface area contributed by atoms with Gasteiger partial charge in [-0.05, 0) is 11.8 Å². The molecule has 0 bridgehead atoms. The van der Waals surface area contributed by atoms with Gasteiger partial charge in [0.05, 0.1) is 12.5 Å². The van der Waals surface area contributed by atoms with E-state index in [1.807, 2.05) is 0 Å². The highest BCUT2D eigenvalue weighted by Crippen LogP contribution is 2.31. The molecule has 1 saturated heterocycles. The summed E-state index contributed by atoms with van der Waals surface area (Å²) in [5.74, 6) is -0.130. The molecule has 0 spiro atoms. The van der Waals surface area contributed by atoms with Crippen LogP contribution < -0.4 is 5.48 Å². The van der Waals surface area contributed by atoms with Gasteiger partial charge in [-0.3, -0.25) is 4.79 Å². The molecule has 0 saturated carbocycles. The molecule has 1 unspecified atom stereocenters. The summed E-state index contributed by atoms with van der Waals surface area (Å²) in [5, 5.41) is 0. The lowest BCUT2D eigenvalue weighted by atomic mass is 9.79. The van der Waals surface area contributed by atoms with Crippen molar-refractivity contribution in [2.75, 3.05) is 0 Å². The first kappa shape index (κ1) is 10.5. The Bertz CT molecular complexity index is 189. The van der Waals surface area contributed by atoms with E-state index in [-0.39, 0.29) is 17.4 Å². The maximum Gasteiger partial charge on any atom is 0.326 e. The minimum atomic E-state index is -0.130. The van der Waals surface area contributed by atoms with Crippen molar-refractivity contribution in [1.29, 1.82) is 0 Å². The SMILES string of the molecule is CCCCC(C)(C)C1CC(=O)ON1. The zero-order chi connectivity index (χ0) is 9.90. The van der Waals surface area contributed by atoms with E-state index >= 15 is 0 Å². The molecule has 1 aliphatic heterocycles. The number of unbranched alkanes of at least 4 members (excludes halogenated alkanes) is 1. The molecule has 1 fully saturated rings. The van der Waals surface area contributed by atoms with Crippen LogP contribution in [0.5, 0.6) is 0 Å². The minimum Gasteiger partial charge on any atom is -0.370 e. The van der Waals surface area contributed by atoms with Crippen LogP contribution in [0.1, 0.15) is 46.5 Å². The van der Waals surface area contributed by atoms with Crippen LogP contribution >= 0.6 is 0 Å². The van der Waals surface area contributed by atoms with Gasteiger partial charge in [-0.1, -0.05) is 33.6 Å². The van der Waals surface area contributed by atoms with E-state index < -0.39 is 0 Å². The van der Waals surface area contributed by atoms with Gasteiger partial charge in [0.25, 0.3) is 0 Å². The van der Waals surface area contributed by atoms with E-state index in [2.05, 4.69) is 26.3 Å². The number of carbonyl (C=O) groups excluding carboxylic acids is 1. The van der Waals surface area contributed by atoms with Gasteiger partial charge >= 0.3 is 5.97 Å². The highest BCUT2D eigenvalue weighted by atomic mass is 16.7. The lowest BCUT2D eigenvalue weighted by molar-refractivity contribution is -0.143. The summed E-state index contributed by atoms with van der Waals surface area (Å²) in [4.78, 5) is 15.6. The first-order chi connectivity index (χ1) is 6.06. The molecule has 0 aliphatic carbocycles. The Labute approximate surface area is 79.8 Å². The zero-order valence-corrected chi connectivity index (χ0v) is 8.72.